The molecule has 0 aliphatic carbocycles. The Bertz CT molecular complexity index is 629. The molecule has 0 radical (unpaired) electrons. The zero-order valence-electron chi connectivity index (χ0n) is 9.65. The molecule has 0 bridgehead atoms. The van der Waals surface area contributed by atoms with Gasteiger partial charge in [0.1, 0.15) is 0 Å². The Morgan fingerprint density at radius 1 is 1.39 bits per heavy atom. The summed E-state index contributed by atoms with van der Waals surface area (Å²) in [5, 5.41) is 16.4. The van der Waals surface area contributed by atoms with Gasteiger partial charge in [-0.25, -0.2) is 10.5 Å². The van der Waals surface area contributed by atoms with Crippen molar-refractivity contribution < 1.29 is 0 Å². The van der Waals surface area contributed by atoms with Gasteiger partial charge < -0.3 is 10.4 Å². The molecular weight excluding hydrogens is 250 g/mol. The van der Waals surface area contributed by atoms with E-state index in [1.807, 2.05) is 18.2 Å². The number of benzene rings is 1. The van der Waals surface area contributed by atoms with E-state index in [0.29, 0.717) is 0 Å². The lowest BCUT2D eigenvalue weighted by Crippen LogP contribution is -2.06. The SMILES string of the molecule is C#N.C#N.Cn1c(=O)sc2cc(C=NN)ccc21. The van der Waals surface area contributed by atoms with Gasteiger partial charge in [-0.3, -0.25) is 4.79 Å². The highest BCUT2D eigenvalue weighted by molar-refractivity contribution is 7.16. The number of rotatable bonds is 1. The number of nitriles is 2. The Hall–Kier alpha value is -2.64. The third-order valence-corrected chi connectivity index (χ3v) is 3.04. The second-order valence-corrected chi connectivity index (χ2v) is 3.93. The Kier molecular flexibility index (Phi) is 6.49. The molecule has 2 N–H and O–H groups in total. The van der Waals surface area contributed by atoms with Gasteiger partial charge in [0.25, 0.3) is 0 Å². The summed E-state index contributed by atoms with van der Waals surface area (Å²) in [6.07, 6.45) is 1.56. The quantitative estimate of drug-likeness (QED) is 0.472. The molecule has 1 heterocycles. The van der Waals surface area contributed by atoms with Crippen LogP contribution in [-0.4, -0.2) is 10.8 Å². The monoisotopic (exact) mass is 261 g/mol. The predicted octanol–water partition coefficient (Wildman–Crippen LogP) is 1.17. The van der Waals surface area contributed by atoms with Crippen LogP contribution in [0, 0.1) is 23.7 Å². The van der Waals surface area contributed by atoms with Crippen molar-refractivity contribution in [1.82, 2.24) is 4.57 Å². The van der Waals surface area contributed by atoms with Gasteiger partial charge >= 0.3 is 4.87 Å². The summed E-state index contributed by atoms with van der Waals surface area (Å²) in [7, 11) is 1.76. The maximum Gasteiger partial charge on any atom is 0.307 e. The molecular formula is C11H11N5OS. The van der Waals surface area contributed by atoms with E-state index in [-0.39, 0.29) is 4.87 Å². The Morgan fingerprint density at radius 2 is 2.00 bits per heavy atom. The standard InChI is InChI=1S/C9H9N3OS.2CHN/c1-12-7-3-2-6(5-11-10)4-8(7)14-9(12)13;2*1-2/h2-5H,10H2,1H3;2*1H. The summed E-state index contributed by atoms with van der Waals surface area (Å²) >= 11 is 1.22. The average Bonchev–Trinajstić information content (AvgIpc) is 2.70. The van der Waals surface area contributed by atoms with E-state index in [1.165, 1.54) is 11.3 Å². The Morgan fingerprint density at radius 3 is 2.56 bits per heavy atom. The van der Waals surface area contributed by atoms with Crippen LogP contribution in [0.2, 0.25) is 0 Å². The molecule has 0 saturated heterocycles. The molecule has 0 aliphatic heterocycles. The largest absolute Gasteiger partial charge is 0.323 e. The molecule has 0 amide bonds. The highest BCUT2D eigenvalue weighted by Gasteiger charge is 2.03. The van der Waals surface area contributed by atoms with Crippen LogP contribution in [0.15, 0.2) is 28.1 Å². The molecule has 0 saturated carbocycles. The van der Waals surface area contributed by atoms with E-state index in [4.69, 9.17) is 16.4 Å². The molecule has 18 heavy (non-hydrogen) atoms. The van der Waals surface area contributed by atoms with Gasteiger partial charge in [-0.1, -0.05) is 17.4 Å². The molecule has 2 rings (SSSR count). The first-order chi connectivity index (χ1) is 8.72. The first-order valence-corrected chi connectivity index (χ1v) is 5.38. The number of nitrogens with two attached hydrogens (primary N) is 1. The highest BCUT2D eigenvalue weighted by Crippen LogP contribution is 2.17. The van der Waals surface area contributed by atoms with E-state index in [1.54, 1.807) is 17.8 Å². The first-order valence-electron chi connectivity index (χ1n) is 4.57. The molecule has 0 atom stereocenters. The number of hydrazone groups is 1. The number of aromatic nitrogens is 1. The Balaban J connectivity index is 0.000000659. The molecule has 0 fully saturated rings. The van der Waals surface area contributed by atoms with Crippen molar-refractivity contribution in [3.05, 3.63) is 33.4 Å². The number of fused-ring (bicyclic) bond motifs is 1. The summed E-state index contributed by atoms with van der Waals surface area (Å²) in [6.45, 7) is 7.00. The minimum Gasteiger partial charge on any atom is -0.323 e. The van der Waals surface area contributed by atoms with Crippen LogP contribution < -0.4 is 10.7 Å². The lowest BCUT2D eigenvalue weighted by atomic mass is 10.2. The van der Waals surface area contributed by atoms with Crippen molar-refractivity contribution in [2.24, 2.45) is 18.0 Å². The average molecular weight is 261 g/mol. The zero-order chi connectivity index (χ0) is 14.1. The molecule has 1 aromatic heterocycles. The van der Waals surface area contributed by atoms with Crippen molar-refractivity contribution in [3.63, 3.8) is 0 Å². The molecule has 0 aliphatic rings. The minimum absolute atomic E-state index is 0.0434. The van der Waals surface area contributed by atoms with Crippen molar-refractivity contribution >= 4 is 27.8 Å². The van der Waals surface area contributed by atoms with Gasteiger partial charge in [0, 0.05) is 20.2 Å². The fraction of sp³-hybridized carbons (Fsp3) is 0.0909. The third kappa shape index (κ3) is 3.17. The Labute approximate surface area is 108 Å². The lowest BCUT2D eigenvalue weighted by Gasteiger charge is -1.94. The molecule has 7 heteroatoms. The molecule has 92 valence electrons. The number of aryl methyl sites for hydroxylation is 1. The number of hydrogen-bond acceptors (Lipinski definition) is 6. The number of hydrogen-bond donors (Lipinski definition) is 1. The number of nitrogens with zero attached hydrogens (tertiary/aromatic N) is 4. The van der Waals surface area contributed by atoms with Gasteiger partial charge in [0.15, 0.2) is 0 Å². The highest BCUT2D eigenvalue weighted by atomic mass is 32.1. The lowest BCUT2D eigenvalue weighted by molar-refractivity contribution is 0.939. The van der Waals surface area contributed by atoms with Gasteiger partial charge in [0.2, 0.25) is 0 Å². The van der Waals surface area contributed by atoms with Crippen molar-refractivity contribution in [1.29, 1.82) is 10.5 Å². The van der Waals surface area contributed by atoms with Gasteiger partial charge in [-0.05, 0) is 17.7 Å². The molecule has 0 unspecified atom stereocenters. The van der Waals surface area contributed by atoms with Gasteiger partial charge in [-0.15, -0.1) is 0 Å². The summed E-state index contributed by atoms with van der Waals surface area (Å²) < 4.78 is 2.58. The minimum atomic E-state index is 0.0434. The zero-order valence-corrected chi connectivity index (χ0v) is 10.5. The van der Waals surface area contributed by atoms with Gasteiger partial charge in [0.05, 0.1) is 16.4 Å². The second kappa shape index (κ2) is 7.60. The van der Waals surface area contributed by atoms with Gasteiger partial charge in [-0.2, -0.15) is 5.10 Å². The molecule has 0 spiro atoms. The van der Waals surface area contributed by atoms with E-state index >= 15 is 0 Å². The summed E-state index contributed by atoms with van der Waals surface area (Å²) in [6, 6.07) is 5.67. The van der Waals surface area contributed by atoms with E-state index < -0.39 is 0 Å². The summed E-state index contributed by atoms with van der Waals surface area (Å²) in [5.74, 6) is 5.05. The smallest absolute Gasteiger partial charge is 0.307 e. The normalized spacial score (nSPS) is 9.17. The summed E-state index contributed by atoms with van der Waals surface area (Å²) in [4.78, 5) is 11.4. The van der Waals surface area contributed by atoms with Crippen LogP contribution in [-0.2, 0) is 7.05 Å². The first kappa shape index (κ1) is 15.4. The number of thiazole rings is 1. The van der Waals surface area contributed by atoms with Crippen molar-refractivity contribution in [2.45, 2.75) is 0 Å². The molecule has 2 aromatic rings. The maximum atomic E-state index is 11.3. The fourth-order valence-corrected chi connectivity index (χ4v) is 2.24. The van der Waals surface area contributed by atoms with Crippen LogP contribution in [0.4, 0.5) is 0 Å². The van der Waals surface area contributed by atoms with E-state index in [0.717, 1.165) is 15.8 Å². The summed E-state index contributed by atoms with van der Waals surface area (Å²) in [5.41, 5.74) is 1.84. The van der Waals surface area contributed by atoms with Crippen LogP contribution in [0.25, 0.3) is 10.2 Å². The van der Waals surface area contributed by atoms with E-state index in [9.17, 15) is 4.79 Å². The van der Waals surface area contributed by atoms with Crippen LogP contribution in [0.3, 0.4) is 0 Å². The van der Waals surface area contributed by atoms with Crippen LogP contribution in [0.1, 0.15) is 5.56 Å². The van der Waals surface area contributed by atoms with Crippen molar-refractivity contribution in [2.75, 3.05) is 0 Å². The van der Waals surface area contributed by atoms with Crippen molar-refractivity contribution in [3.8, 4) is 13.1 Å². The second-order valence-electron chi connectivity index (χ2n) is 2.93. The molecule has 6 nitrogen and oxygen atoms in total. The maximum absolute atomic E-state index is 11.3. The molecule has 1 aromatic carbocycles. The predicted molar refractivity (Wildman–Crippen MR) is 72.2 cm³/mol. The van der Waals surface area contributed by atoms with Crippen LogP contribution in [0.5, 0.6) is 0 Å². The fourth-order valence-electron chi connectivity index (χ4n) is 1.32. The third-order valence-electron chi connectivity index (χ3n) is 2.04. The van der Waals surface area contributed by atoms with E-state index in [2.05, 4.69) is 18.2 Å². The topological polar surface area (TPSA) is 108 Å². The van der Waals surface area contributed by atoms with Crippen LogP contribution >= 0.6 is 11.3 Å².